The Morgan fingerprint density at radius 1 is 1.44 bits per heavy atom. The first kappa shape index (κ1) is 16.9. The molecule has 0 fully saturated rings. The average molecular weight is 275 g/mol. The molecule has 0 aliphatic rings. The summed E-state index contributed by atoms with van der Waals surface area (Å²) in [5, 5.41) is 2.70. The summed E-state index contributed by atoms with van der Waals surface area (Å²) in [6, 6.07) is 5.65. The number of nitrogens with two attached hydrogens (primary N) is 1. The SMILES string of the molecule is CC(C)C[C@H](N)C(=O)NCc1cccc(F)c1.Cl. The second kappa shape index (κ2) is 8.06. The van der Waals surface area contributed by atoms with E-state index in [0.717, 1.165) is 5.56 Å². The van der Waals surface area contributed by atoms with Crippen LogP contribution in [0.5, 0.6) is 0 Å². The zero-order chi connectivity index (χ0) is 12.8. The highest BCUT2D eigenvalue weighted by Gasteiger charge is 2.14. The quantitative estimate of drug-likeness (QED) is 0.865. The average Bonchev–Trinajstić information content (AvgIpc) is 2.25. The van der Waals surface area contributed by atoms with Crippen molar-refractivity contribution in [1.29, 1.82) is 0 Å². The molecule has 0 aliphatic heterocycles. The lowest BCUT2D eigenvalue weighted by molar-refractivity contribution is -0.122. The molecule has 1 aromatic carbocycles. The number of amides is 1. The molecule has 1 rings (SSSR count). The van der Waals surface area contributed by atoms with Crippen LogP contribution in [-0.2, 0) is 11.3 Å². The van der Waals surface area contributed by atoms with Gasteiger partial charge in [0.2, 0.25) is 5.91 Å². The minimum Gasteiger partial charge on any atom is -0.351 e. The summed E-state index contributed by atoms with van der Waals surface area (Å²) in [6.07, 6.45) is 0.648. The van der Waals surface area contributed by atoms with Crippen LogP contribution in [0.2, 0.25) is 0 Å². The van der Waals surface area contributed by atoms with E-state index in [1.165, 1.54) is 12.1 Å². The normalized spacial score (nSPS) is 11.8. The number of carbonyl (C=O) groups is 1. The number of hydrogen-bond acceptors (Lipinski definition) is 2. The molecule has 0 saturated heterocycles. The summed E-state index contributed by atoms with van der Waals surface area (Å²) in [5.74, 6) is -0.115. The van der Waals surface area contributed by atoms with Gasteiger partial charge in [-0.3, -0.25) is 4.79 Å². The summed E-state index contributed by atoms with van der Waals surface area (Å²) in [5.41, 5.74) is 6.46. The minimum atomic E-state index is -0.497. The molecule has 0 aliphatic carbocycles. The number of halogens is 2. The van der Waals surface area contributed by atoms with E-state index in [1.54, 1.807) is 12.1 Å². The molecule has 0 spiro atoms. The Morgan fingerprint density at radius 2 is 2.11 bits per heavy atom. The highest BCUT2D eigenvalue weighted by atomic mass is 35.5. The first-order valence-corrected chi connectivity index (χ1v) is 5.76. The van der Waals surface area contributed by atoms with Crippen LogP contribution in [0.3, 0.4) is 0 Å². The second-order valence-corrected chi connectivity index (χ2v) is 4.58. The monoisotopic (exact) mass is 274 g/mol. The molecule has 0 saturated carbocycles. The molecule has 18 heavy (non-hydrogen) atoms. The van der Waals surface area contributed by atoms with Crippen molar-refractivity contribution in [1.82, 2.24) is 5.32 Å². The van der Waals surface area contributed by atoms with Gasteiger partial charge >= 0.3 is 0 Å². The number of nitrogens with one attached hydrogen (secondary N) is 1. The third-order valence-corrected chi connectivity index (χ3v) is 2.42. The van der Waals surface area contributed by atoms with Gasteiger partial charge in [-0.1, -0.05) is 26.0 Å². The van der Waals surface area contributed by atoms with Gasteiger partial charge in [0.25, 0.3) is 0 Å². The van der Waals surface area contributed by atoms with Crippen LogP contribution in [-0.4, -0.2) is 11.9 Å². The Kier molecular flexibility index (Phi) is 7.55. The smallest absolute Gasteiger partial charge is 0.237 e. The van der Waals surface area contributed by atoms with Crippen LogP contribution in [0.15, 0.2) is 24.3 Å². The van der Waals surface area contributed by atoms with Crippen molar-refractivity contribution in [2.24, 2.45) is 11.7 Å². The molecule has 102 valence electrons. The van der Waals surface area contributed by atoms with Gasteiger partial charge in [-0.05, 0) is 30.0 Å². The summed E-state index contributed by atoms with van der Waals surface area (Å²) in [4.78, 5) is 11.6. The first-order chi connectivity index (χ1) is 7.99. The van der Waals surface area contributed by atoms with Crippen molar-refractivity contribution in [3.05, 3.63) is 35.6 Å². The first-order valence-electron chi connectivity index (χ1n) is 5.76. The van der Waals surface area contributed by atoms with Gasteiger partial charge in [-0.2, -0.15) is 0 Å². The number of benzene rings is 1. The Bertz CT molecular complexity index is 385. The predicted octanol–water partition coefficient (Wildman–Crippen LogP) is 2.24. The lowest BCUT2D eigenvalue weighted by atomic mass is 10.0. The fourth-order valence-electron chi connectivity index (χ4n) is 1.58. The maximum absolute atomic E-state index is 12.9. The van der Waals surface area contributed by atoms with Crippen LogP contribution in [0, 0.1) is 11.7 Å². The van der Waals surface area contributed by atoms with E-state index < -0.39 is 6.04 Å². The van der Waals surface area contributed by atoms with E-state index in [1.807, 2.05) is 13.8 Å². The van der Waals surface area contributed by atoms with E-state index >= 15 is 0 Å². The zero-order valence-electron chi connectivity index (χ0n) is 10.7. The molecule has 1 atom stereocenters. The van der Waals surface area contributed by atoms with Crippen LogP contribution in [0.25, 0.3) is 0 Å². The lowest BCUT2D eigenvalue weighted by Crippen LogP contribution is -2.41. The molecule has 3 N–H and O–H groups in total. The van der Waals surface area contributed by atoms with Gasteiger partial charge in [0.1, 0.15) is 5.82 Å². The van der Waals surface area contributed by atoms with Crippen molar-refractivity contribution >= 4 is 18.3 Å². The van der Waals surface area contributed by atoms with Crippen LogP contribution in [0.4, 0.5) is 4.39 Å². The fourth-order valence-corrected chi connectivity index (χ4v) is 1.58. The number of hydrogen-bond donors (Lipinski definition) is 2. The molecular weight excluding hydrogens is 255 g/mol. The van der Waals surface area contributed by atoms with Gasteiger partial charge < -0.3 is 11.1 Å². The Balaban J connectivity index is 0.00000289. The van der Waals surface area contributed by atoms with Crippen LogP contribution >= 0.6 is 12.4 Å². The maximum Gasteiger partial charge on any atom is 0.237 e. The zero-order valence-corrected chi connectivity index (χ0v) is 11.5. The van der Waals surface area contributed by atoms with Gasteiger partial charge in [0.05, 0.1) is 6.04 Å². The third kappa shape index (κ3) is 5.98. The van der Waals surface area contributed by atoms with E-state index in [-0.39, 0.29) is 24.1 Å². The highest BCUT2D eigenvalue weighted by molar-refractivity contribution is 5.85. The number of rotatable bonds is 5. The summed E-state index contributed by atoms with van der Waals surface area (Å²) < 4.78 is 12.9. The fraction of sp³-hybridized carbons (Fsp3) is 0.462. The van der Waals surface area contributed by atoms with Crippen molar-refractivity contribution in [3.8, 4) is 0 Å². The van der Waals surface area contributed by atoms with Gasteiger partial charge in [-0.25, -0.2) is 4.39 Å². The van der Waals surface area contributed by atoms with E-state index in [4.69, 9.17) is 5.73 Å². The van der Waals surface area contributed by atoms with E-state index in [0.29, 0.717) is 18.9 Å². The molecular formula is C13H20ClFN2O. The van der Waals surface area contributed by atoms with Crippen molar-refractivity contribution in [2.75, 3.05) is 0 Å². The van der Waals surface area contributed by atoms with Gasteiger partial charge in [0, 0.05) is 6.54 Å². The molecule has 5 heteroatoms. The minimum absolute atomic E-state index is 0. The summed E-state index contributed by atoms with van der Waals surface area (Å²) in [7, 11) is 0. The summed E-state index contributed by atoms with van der Waals surface area (Å²) >= 11 is 0. The second-order valence-electron chi connectivity index (χ2n) is 4.58. The highest BCUT2D eigenvalue weighted by Crippen LogP contribution is 2.05. The molecule has 0 unspecified atom stereocenters. The van der Waals surface area contributed by atoms with E-state index in [9.17, 15) is 9.18 Å². The topological polar surface area (TPSA) is 55.1 Å². The molecule has 0 radical (unpaired) electrons. The molecule has 1 amide bonds. The van der Waals surface area contributed by atoms with Crippen molar-refractivity contribution in [3.63, 3.8) is 0 Å². The van der Waals surface area contributed by atoms with E-state index in [2.05, 4.69) is 5.32 Å². The third-order valence-electron chi connectivity index (χ3n) is 2.42. The lowest BCUT2D eigenvalue weighted by Gasteiger charge is -2.14. The Hall–Kier alpha value is -1.13. The van der Waals surface area contributed by atoms with Crippen molar-refractivity contribution < 1.29 is 9.18 Å². The molecule has 0 heterocycles. The van der Waals surface area contributed by atoms with Crippen molar-refractivity contribution in [2.45, 2.75) is 32.9 Å². The molecule has 1 aromatic rings. The Morgan fingerprint density at radius 3 is 2.67 bits per heavy atom. The van der Waals surface area contributed by atoms with Gasteiger partial charge in [-0.15, -0.1) is 12.4 Å². The molecule has 0 bridgehead atoms. The Labute approximate surface area is 113 Å². The van der Waals surface area contributed by atoms with Gasteiger partial charge in [0.15, 0.2) is 0 Å². The number of carbonyl (C=O) groups excluding carboxylic acids is 1. The molecule has 0 aromatic heterocycles. The summed E-state index contributed by atoms with van der Waals surface area (Å²) in [6.45, 7) is 4.34. The van der Waals surface area contributed by atoms with Crippen LogP contribution in [0.1, 0.15) is 25.8 Å². The standard InChI is InChI=1S/C13H19FN2O.ClH/c1-9(2)6-12(15)13(17)16-8-10-4-3-5-11(14)7-10;/h3-5,7,9,12H,6,8,15H2,1-2H3,(H,16,17);1H/t12-;/m0./s1. The predicted molar refractivity (Wildman–Crippen MR) is 72.9 cm³/mol. The maximum atomic E-state index is 12.9. The van der Waals surface area contributed by atoms with Crippen LogP contribution < -0.4 is 11.1 Å². The largest absolute Gasteiger partial charge is 0.351 e. The molecule has 3 nitrogen and oxygen atoms in total.